The second-order valence-electron chi connectivity index (χ2n) is 5.32. The van der Waals surface area contributed by atoms with Gasteiger partial charge in [-0.25, -0.2) is 0 Å². The summed E-state index contributed by atoms with van der Waals surface area (Å²) in [6.45, 7) is 6.00. The monoisotopic (exact) mass is 270 g/mol. The van der Waals surface area contributed by atoms with Crippen molar-refractivity contribution in [2.45, 2.75) is 26.7 Å². The minimum absolute atomic E-state index is 0.107. The first-order valence-electron chi connectivity index (χ1n) is 7.24. The second kappa shape index (κ2) is 6.58. The summed E-state index contributed by atoms with van der Waals surface area (Å²) >= 11 is 0. The molecule has 0 atom stereocenters. The maximum absolute atomic E-state index is 12.5. The molecule has 1 aliphatic carbocycles. The Hall–Kier alpha value is -1.79. The van der Waals surface area contributed by atoms with Crippen molar-refractivity contribution in [3.8, 4) is 11.8 Å². The minimum atomic E-state index is 0.107. The third-order valence-electron chi connectivity index (χ3n) is 3.65. The largest absolute Gasteiger partial charge is 0.339 e. The average molecular weight is 270 g/mol. The fourth-order valence-corrected chi connectivity index (χ4v) is 2.19. The molecule has 2 rings (SSSR count). The van der Waals surface area contributed by atoms with Crippen LogP contribution in [0.25, 0.3) is 0 Å². The van der Waals surface area contributed by atoms with Crippen LogP contribution in [0, 0.1) is 24.7 Å². The van der Waals surface area contributed by atoms with Crippen molar-refractivity contribution in [1.29, 1.82) is 0 Å². The van der Waals surface area contributed by atoms with E-state index in [4.69, 9.17) is 5.73 Å². The highest BCUT2D eigenvalue weighted by molar-refractivity contribution is 5.94. The molecule has 2 N–H and O–H groups in total. The highest BCUT2D eigenvalue weighted by Gasteiger charge is 2.26. The van der Waals surface area contributed by atoms with E-state index in [9.17, 15) is 4.79 Å². The summed E-state index contributed by atoms with van der Waals surface area (Å²) in [6, 6.07) is 5.73. The van der Waals surface area contributed by atoms with Crippen LogP contribution in [0.3, 0.4) is 0 Å². The number of amides is 1. The Bertz CT molecular complexity index is 550. The number of aryl methyl sites for hydroxylation is 1. The number of carbonyl (C=O) groups is 1. The average Bonchev–Trinajstić information content (AvgIpc) is 3.27. The minimum Gasteiger partial charge on any atom is -0.339 e. The molecule has 106 valence electrons. The van der Waals surface area contributed by atoms with Gasteiger partial charge >= 0.3 is 0 Å². The first-order chi connectivity index (χ1) is 9.65. The molecule has 1 aliphatic rings. The highest BCUT2D eigenvalue weighted by Crippen LogP contribution is 2.30. The molecule has 0 saturated heterocycles. The van der Waals surface area contributed by atoms with E-state index in [2.05, 4.69) is 11.8 Å². The lowest BCUT2D eigenvalue weighted by atomic mass is 10.0. The van der Waals surface area contributed by atoms with E-state index in [0.29, 0.717) is 12.5 Å². The topological polar surface area (TPSA) is 46.3 Å². The van der Waals surface area contributed by atoms with Gasteiger partial charge in [-0.15, -0.1) is 0 Å². The van der Waals surface area contributed by atoms with Crippen LogP contribution in [0.5, 0.6) is 0 Å². The molecule has 1 aromatic rings. The van der Waals surface area contributed by atoms with Gasteiger partial charge in [-0.1, -0.05) is 17.9 Å². The Balaban J connectivity index is 2.19. The van der Waals surface area contributed by atoms with Crippen molar-refractivity contribution < 1.29 is 4.79 Å². The Morgan fingerprint density at radius 2 is 2.20 bits per heavy atom. The van der Waals surface area contributed by atoms with Crippen LogP contribution in [0.2, 0.25) is 0 Å². The number of benzene rings is 1. The molecule has 0 radical (unpaired) electrons. The van der Waals surface area contributed by atoms with Crippen LogP contribution in [-0.2, 0) is 0 Å². The van der Waals surface area contributed by atoms with Gasteiger partial charge in [0, 0.05) is 24.2 Å². The SMILES string of the molecule is CCN(CC1CC1)C(=O)c1ccc(C)c(C#CCN)c1. The number of hydrogen-bond acceptors (Lipinski definition) is 2. The van der Waals surface area contributed by atoms with Gasteiger partial charge in [0.2, 0.25) is 0 Å². The standard InChI is InChI=1S/C17H22N2O/c1-3-19(12-14-7-8-14)17(20)16-9-6-13(2)15(11-16)5-4-10-18/h6,9,11,14H,3,7-8,10,12,18H2,1-2H3. The summed E-state index contributed by atoms with van der Waals surface area (Å²) in [4.78, 5) is 14.5. The summed E-state index contributed by atoms with van der Waals surface area (Å²) in [5.74, 6) is 6.70. The quantitative estimate of drug-likeness (QED) is 0.852. The van der Waals surface area contributed by atoms with E-state index in [-0.39, 0.29) is 5.91 Å². The van der Waals surface area contributed by atoms with Crippen molar-refractivity contribution >= 4 is 5.91 Å². The molecule has 3 nitrogen and oxygen atoms in total. The van der Waals surface area contributed by atoms with Crippen molar-refractivity contribution in [2.24, 2.45) is 11.7 Å². The first kappa shape index (κ1) is 14.6. The normalized spacial score (nSPS) is 13.6. The van der Waals surface area contributed by atoms with Gasteiger partial charge in [-0.2, -0.15) is 0 Å². The third kappa shape index (κ3) is 3.61. The molecule has 0 heterocycles. The second-order valence-corrected chi connectivity index (χ2v) is 5.32. The number of nitrogens with zero attached hydrogens (tertiary/aromatic N) is 1. The van der Waals surface area contributed by atoms with Crippen LogP contribution >= 0.6 is 0 Å². The van der Waals surface area contributed by atoms with E-state index in [0.717, 1.165) is 29.8 Å². The number of carbonyl (C=O) groups excluding carboxylic acids is 1. The van der Waals surface area contributed by atoms with Gasteiger partial charge in [0.1, 0.15) is 0 Å². The van der Waals surface area contributed by atoms with Crippen molar-refractivity contribution in [3.63, 3.8) is 0 Å². The number of hydrogen-bond donors (Lipinski definition) is 1. The zero-order valence-electron chi connectivity index (χ0n) is 12.3. The van der Waals surface area contributed by atoms with Gasteiger partial charge in [-0.05, 0) is 50.3 Å². The van der Waals surface area contributed by atoms with E-state index < -0.39 is 0 Å². The summed E-state index contributed by atoms with van der Waals surface area (Å²) in [7, 11) is 0. The molecule has 1 fully saturated rings. The predicted octanol–water partition coefficient (Wildman–Crippen LogP) is 2.18. The zero-order valence-corrected chi connectivity index (χ0v) is 12.3. The fraction of sp³-hybridized carbons (Fsp3) is 0.471. The number of nitrogens with two attached hydrogens (primary N) is 1. The van der Waals surface area contributed by atoms with Crippen molar-refractivity contribution in [2.75, 3.05) is 19.6 Å². The van der Waals surface area contributed by atoms with Gasteiger partial charge in [-0.3, -0.25) is 4.79 Å². The molecule has 0 unspecified atom stereocenters. The van der Waals surface area contributed by atoms with Crippen LogP contribution in [-0.4, -0.2) is 30.4 Å². The van der Waals surface area contributed by atoms with E-state index in [1.54, 1.807) is 0 Å². The third-order valence-corrected chi connectivity index (χ3v) is 3.65. The molecular weight excluding hydrogens is 248 g/mol. The molecular formula is C17H22N2O. The van der Waals surface area contributed by atoms with Crippen molar-refractivity contribution in [3.05, 3.63) is 34.9 Å². The molecule has 0 aliphatic heterocycles. The van der Waals surface area contributed by atoms with Crippen LogP contribution in [0.15, 0.2) is 18.2 Å². The maximum Gasteiger partial charge on any atom is 0.253 e. The highest BCUT2D eigenvalue weighted by atomic mass is 16.2. The summed E-state index contributed by atoms with van der Waals surface area (Å²) in [5.41, 5.74) is 8.10. The van der Waals surface area contributed by atoms with Crippen LogP contribution in [0.1, 0.15) is 41.3 Å². The van der Waals surface area contributed by atoms with Crippen LogP contribution in [0.4, 0.5) is 0 Å². The molecule has 3 heteroatoms. The predicted molar refractivity (Wildman–Crippen MR) is 81.4 cm³/mol. The lowest BCUT2D eigenvalue weighted by Gasteiger charge is -2.21. The molecule has 1 saturated carbocycles. The number of rotatable bonds is 4. The van der Waals surface area contributed by atoms with Gasteiger partial charge in [0.25, 0.3) is 5.91 Å². The Kier molecular flexibility index (Phi) is 4.81. The lowest BCUT2D eigenvalue weighted by Crippen LogP contribution is -2.32. The zero-order chi connectivity index (χ0) is 14.5. The fourth-order valence-electron chi connectivity index (χ4n) is 2.19. The van der Waals surface area contributed by atoms with Crippen molar-refractivity contribution in [1.82, 2.24) is 4.90 Å². The summed E-state index contributed by atoms with van der Waals surface area (Å²) in [5, 5.41) is 0. The molecule has 1 amide bonds. The molecule has 0 spiro atoms. The molecule has 20 heavy (non-hydrogen) atoms. The molecule has 0 aromatic heterocycles. The Morgan fingerprint density at radius 3 is 2.80 bits per heavy atom. The van der Waals surface area contributed by atoms with E-state index >= 15 is 0 Å². The molecule has 0 bridgehead atoms. The Labute approximate surface area is 121 Å². The van der Waals surface area contributed by atoms with E-state index in [1.165, 1.54) is 12.8 Å². The first-order valence-corrected chi connectivity index (χ1v) is 7.24. The van der Waals surface area contributed by atoms with Crippen LogP contribution < -0.4 is 5.73 Å². The van der Waals surface area contributed by atoms with Gasteiger partial charge < -0.3 is 10.6 Å². The summed E-state index contributed by atoms with van der Waals surface area (Å²) in [6.07, 6.45) is 2.51. The van der Waals surface area contributed by atoms with Gasteiger partial charge in [0.05, 0.1) is 6.54 Å². The maximum atomic E-state index is 12.5. The Morgan fingerprint density at radius 1 is 1.45 bits per heavy atom. The summed E-state index contributed by atoms with van der Waals surface area (Å²) < 4.78 is 0. The smallest absolute Gasteiger partial charge is 0.253 e. The lowest BCUT2D eigenvalue weighted by molar-refractivity contribution is 0.0757. The molecule has 1 aromatic carbocycles. The van der Waals surface area contributed by atoms with Gasteiger partial charge in [0.15, 0.2) is 0 Å². The van der Waals surface area contributed by atoms with E-state index in [1.807, 2.05) is 36.9 Å².